The molecule has 0 bridgehead atoms. The molecular formula is C27H55NO5. The summed E-state index contributed by atoms with van der Waals surface area (Å²) < 4.78 is 0. The van der Waals surface area contributed by atoms with Crippen LogP contribution in [-0.2, 0) is 4.79 Å². The van der Waals surface area contributed by atoms with Crippen LogP contribution in [0.4, 0.5) is 0 Å². The van der Waals surface area contributed by atoms with Crippen molar-refractivity contribution in [1.82, 2.24) is 4.90 Å². The van der Waals surface area contributed by atoms with Crippen LogP contribution in [0.5, 0.6) is 0 Å². The van der Waals surface area contributed by atoms with Crippen molar-refractivity contribution in [1.29, 1.82) is 0 Å². The topological polar surface area (TPSA) is 101 Å². The maximum atomic E-state index is 10.3. The van der Waals surface area contributed by atoms with Gasteiger partial charge in [-0.1, -0.05) is 83.8 Å². The highest BCUT2D eigenvalue weighted by Gasteiger charge is 2.02. The smallest absolute Gasteiger partial charge is 0.303 e. The molecule has 0 rings (SSSR count). The average molecular weight is 474 g/mol. The predicted molar refractivity (Wildman–Crippen MR) is 139 cm³/mol. The lowest BCUT2D eigenvalue weighted by Crippen LogP contribution is -2.30. The molecule has 0 saturated carbocycles. The van der Waals surface area contributed by atoms with Crippen molar-refractivity contribution in [2.75, 3.05) is 32.8 Å². The van der Waals surface area contributed by atoms with Crippen LogP contribution >= 0.6 is 0 Å². The van der Waals surface area contributed by atoms with Gasteiger partial charge in [-0.25, -0.2) is 0 Å². The second-order valence-corrected chi connectivity index (χ2v) is 8.91. The van der Waals surface area contributed by atoms with Crippen LogP contribution in [0.1, 0.15) is 117 Å². The quantitative estimate of drug-likeness (QED) is 0.115. The Hall–Kier alpha value is -0.950. The zero-order valence-electron chi connectivity index (χ0n) is 21.7. The van der Waals surface area contributed by atoms with Gasteiger partial charge in [0.05, 0.1) is 19.3 Å². The van der Waals surface area contributed by atoms with Gasteiger partial charge in [0.2, 0.25) is 0 Å². The Morgan fingerprint density at radius 2 is 1.33 bits per heavy atom. The van der Waals surface area contributed by atoms with Gasteiger partial charge < -0.3 is 20.4 Å². The number of aliphatic hydroxyl groups excluding tert-OH is 3. The Morgan fingerprint density at radius 3 is 1.94 bits per heavy atom. The van der Waals surface area contributed by atoms with E-state index in [9.17, 15) is 9.90 Å². The van der Waals surface area contributed by atoms with Crippen LogP contribution in [0.2, 0.25) is 0 Å². The van der Waals surface area contributed by atoms with E-state index in [-0.39, 0.29) is 19.3 Å². The fourth-order valence-electron chi connectivity index (χ4n) is 3.57. The number of unbranched alkanes of at least 4 members (excludes halogenated alkanes) is 10. The Labute approximate surface area is 204 Å². The minimum absolute atomic E-state index is 0.172. The third-order valence-corrected chi connectivity index (χ3v) is 5.64. The third-order valence-electron chi connectivity index (χ3n) is 5.64. The number of hydrogen-bond donors (Lipinski definition) is 4. The van der Waals surface area contributed by atoms with E-state index in [1.807, 2.05) is 0 Å². The lowest BCUT2D eigenvalue weighted by atomic mass is 10.1. The minimum atomic E-state index is -0.689. The van der Waals surface area contributed by atoms with E-state index in [2.05, 4.69) is 30.9 Å². The molecule has 0 saturated heterocycles. The fourth-order valence-corrected chi connectivity index (χ4v) is 3.57. The van der Waals surface area contributed by atoms with E-state index >= 15 is 0 Å². The first kappa shape index (κ1) is 34.2. The van der Waals surface area contributed by atoms with E-state index in [0.29, 0.717) is 19.5 Å². The summed E-state index contributed by atoms with van der Waals surface area (Å²) in [4.78, 5) is 12.4. The van der Waals surface area contributed by atoms with Crippen LogP contribution < -0.4 is 0 Å². The zero-order valence-corrected chi connectivity index (χ0v) is 21.7. The first-order valence-electron chi connectivity index (χ1n) is 13.5. The molecule has 0 amide bonds. The Bertz CT molecular complexity index is 411. The van der Waals surface area contributed by atoms with E-state index in [0.717, 1.165) is 64.3 Å². The normalized spacial score (nSPS) is 12.2. The van der Waals surface area contributed by atoms with E-state index in [1.54, 1.807) is 0 Å². The molecule has 0 radical (unpaired) electrons. The van der Waals surface area contributed by atoms with E-state index in [1.165, 1.54) is 38.5 Å². The largest absolute Gasteiger partial charge is 0.481 e. The zero-order chi connectivity index (χ0) is 25.0. The van der Waals surface area contributed by atoms with Gasteiger partial charge in [0.15, 0.2) is 0 Å². The van der Waals surface area contributed by atoms with E-state index in [4.69, 9.17) is 15.3 Å². The Kier molecular flexibility index (Phi) is 30.2. The number of allylic oxidation sites excluding steroid dienone is 1. The molecule has 0 aliphatic heterocycles. The molecule has 6 nitrogen and oxygen atoms in total. The summed E-state index contributed by atoms with van der Waals surface area (Å²) in [6, 6.07) is 0. The SMILES string of the molecule is CCCCCCC(O)C/C=C\CCCCCCCC(=O)O.CCCCCN(CCO)CCO. The summed E-state index contributed by atoms with van der Waals surface area (Å²) in [6.45, 7) is 7.11. The van der Waals surface area contributed by atoms with Gasteiger partial charge >= 0.3 is 5.97 Å². The standard InChI is InChI=1S/C18H34O3.C9H21NO2/c1-2-3-4-11-14-17(19)15-12-9-7-5-6-8-10-13-16-18(20)21;1-2-3-4-5-10(6-8-11)7-9-12/h9,12,17,19H,2-8,10-11,13-16H2,1H3,(H,20,21);11-12H,2-9H2,1H3/b12-9-;. The molecule has 0 aromatic rings. The summed E-state index contributed by atoms with van der Waals surface area (Å²) in [7, 11) is 0. The van der Waals surface area contributed by atoms with Crippen molar-refractivity contribution >= 4 is 5.97 Å². The molecule has 1 atom stereocenters. The molecule has 33 heavy (non-hydrogen) atoms. The molecule has 0 heterocycles. The van der Waals surface area contributed by atoms with Crippen LogP contribution in [0, 0.1) is 0 Å². The first-order valence-corrected chi connectivity index (χ1v) is 13.5. The molecule has 0 fully saturated rings. The Balaban J connectivity index is 0. The number of aliphatic carboxylic acids is 1. The summed E-state index contributed by atoms with van der Waals surface area (Å²) in [5.74, 6) is -0.689. The van der Waals surface area contributed by atoms with Crippen molar-refractivity contribution in [2.45, 2.75) is 123 Å². The lowest BCUT2D eigenvalue weighted by Gasteiger charge is -2.19. The highest BCUT2D eigenvalue weighted by atomic mass is 16.4. The molecule has 0 aromatic carbocycles. The number of carboxylic acid groups (broad SMARTS) is 1. The summed E-state index contributed by atoms with van der Waals surface area (Å²) in [5.41, 5.74) is 0. The van der Waals surface area contributed by atoms with E-state index < -0.39 is 5.97 Å². The molecule has 6 heteroatoms. The van der Waals surface area contributed by atoms with Crippen molar-refractivity contribution in [3.63, 3.8) is 0 Å². The second kappa shape index (κ2) is 29.1. The highest BCUT2D eigenvalue weighted by molar-refractivity contribution is 5.66. The van der Waals surface area contributed by atoms with Gasteiger partial charge in [-0.15, -0.1) is 0 Å². The molecule has 0 spiro atoms. The molecule has 0 aromatic heterocycles. The molecule has 1 unspecified atom stereocenters. The highest BCUT2D eigenvalue weighted by Crippen LogP contribution is 2.10. The third kappa shape index (κ3) is 31.0. The molecule has 198 valence electrons. The van der Waals surface area contributed by atoms with Crippen LogP contribution in [0.25, 0.3) is 0 Å². The molecule has 0 aliphatic carbocycles. The Morgan fingerprint density at radius 1 is 0.758 bits per heavy atom. The van der Waals surface area contributed by atoms with Gasteiger partial charge in [-0.2, -0.15) is 0 Å². The monoisotopic (exact) mass is 473 g/mol. The van der Waals surface area contributed by atoms with Crippen LogP contribution in [-0.4, -0.2) is 70.2 Å². The number of rotatable bonds is 23. The molecule has 0 aliphatic rings. The van der Waals surface area contributed by atoms with Crippen LogP contribution in [0.15, 0.2) is 12.2 Å². The minimum Gasteiger partial charge on any atom is -0.481 e. The number of hydrogen-bond acceptors (Lipinski definition) is 5. The van der Waals surface area contributed by atoms with Gasteiger partial charge in [0, 0.05) is 19.5 Å². The van der Waals surface area contributed by atoms with Gasteiger partial charge in [0.1, 0.15) is 0 Å². The maximum Gasteiger partial charge on any atom is 0.303 e. The van der Waals surface area contributed by atoms with Crippen molar-refractivity contribution in [2.24, 2.45) is 0 Å². The number of aliphatic hydroxyl groups is 3. The summed E-state index contributed by atoms with van der Waals surface area (Å²) in [5, 5.41) is 35.7. The predicted octanol–water partition coefficient (Wildman–Crippen LogP) is 5.54. The second-order valence-electron chi connectivity index (χ2n) is 8.91. The van der Waals surface area contributed by atoms with Crippen molar-refractivity contribution < 1.29 is 25.2 Å². The lowest BCUT2D eigenvalue weighted by molar-refractivity contribution is -0.137. The average Bonchev–Trinajstić information content (AvgIpc) is 2.78. The molecule has 4 N–H and O–H groups in total. The van der Waals surface area contributed by atoms with Gasteiger partial charge in [0.25, 0.3) is 0 Å². The summed E-state index contributed by atoms with van der Waals surface area (Å²) in [6.07, 6.45) is 21.0. The maximum absolute atomic E-state index is 10.3. The number of carbonyl (C=O) groups is 1. The molecular weight excluding hydrogens is 418 g/mol. The van der Waals surface area contributed by atoms with Gasteiger partial charge in [-0.3, -0.25) is 9.69 Å². The number of nitrogens with zero attached hydrogens (tertiary/aromatic N) is 1. The van der Waals surface area contributed by atoms with Crippen molar-refractivity contribution in [3.05, 3.63) is 12.2 Å². The number of carboxylic acids is 1. The fraction of sp³-hybridized carbons (Fsp3) is 0.889. The first-order chi connectivity index (χ1) is 16.0. The van der Waals surface area contributed by atoms with Crippen molar-refractivity contribution in [3.8, 4) is 0 Å². The van der Waals surface area contributed by atoms with Gasteiger partial charge in [-0.05, 0) is 45.1 Å². The summed E-state index contributed by atoms with van der Waals surface area (Å²) >= 11 is 0. The van der Waals surface area contributed by atoms with Crippen LogP contribution in [0.3, 0.4) is 0 Å².